The molecule has 1 aromatic heterocycles. The molecular weight excluding hydrogens is 282 g/mol. The van der Waals surface area contributed by atoms with E-state index < -0.39 is 0 Å². The van der Waals surface area contributed by atoms with Crippen LogP contribution in [0.15, 0.2) is 42.0 Å². The normalized spacial score (nSPS) is 15.0. The molecule has 1 N–H and O–H groups in total. The lowest BCUT2D eigenvalue weighted by Gasteiger charge is -1.98. The van der Waals surface area contributed by atoms with Gasteiger partial charge in [0.2, 0.25) is 11.0 Å². The zero-order chi connectivity index (χ0) is 14.7. The van der Waals surface area contributed by atoms with Crippen molar-refractivity contribution >= 4 is 22.4 Å². The van der Waals surface area contributed by atoms with Crippen molar-refractivity contribution in [1.82, 2.24) is 10.2 Å². The molecule has 1 aliphatic carbocycles. The van der Waals surface area contributed by atoms with Crippen LogP contribution in [0.5, 0.6) is 0 Å². The SMILES string of the molecule is C/C(=C\C(=O)Nc1nnc(Cc2ccccc2)s1)C1CC1. The average Bonchev–Trinajstić information content (AvgIpc) is 3.23. The van der Waals surface area contributed by atoms with Gasteiger partial charge >= 0.3 is 0 Å². The Morgan fingerprint density at radius 3 is 2.81 bits per heavy atom. The molecule has 0 radical (unpaired) electrons. The standard InChI is InChI=1S/C16H17N3OS/c1-11(13-7-8-13)9-14(20)17-16-19-18-15(21-16)10-12-5-3-2-4-6-12/h2-6,9,13H,7-8,10H2,1H3,(H,17,19,20)/b11-9+. The van der Waals surface area contributed by atoms with E-state index in [2.05, 4.69) is 27.6 Å². The molecule has 5 heteroatoms. The topological polar surface area (TPSA) is 54.9 Å². The lowest BCUT2D eigenvalue weighted by molar-refractivity contribution is -0.112. The summed E-state index contributed by atoms with van der Waals surface area (Å²) in [6.45, 7) is 2.01. The number of carbonyl (C=O) groups is 1. The van der Waals surface area contributed by atoms with Crippen LogP contribution >= 0.6 is 11.3 Å². The molecule has 2 aromatic rings. The molecule has 1 aromatic carbocycles. The van der Waals surface area contributed by atoms with Gasteiger partial charge in [-0.2, -0.15) is 0 Å². The molecule has 0 bridgehead atoms. The number of nitrogens with zero attached hydrogens (tertiary/aromatic N) is 2. The van der Waals surface area contributed by atoms with E-state index in [1.54, 1.807) is 6.08 Å². The van der Waals surface area contributed by atoms with Gasteiger partial charge in [0.25, 0.3) is 0 Å². The van der Waals surface area contributed by atoms with E-state index in [0.717, 1.165) is 17.0 Å². The van der Waals surface area contributed by atoms with Gasteiger partial charge < -0.3 is 0 Å². The minimum atomic E-state index is -0.109. The molecule has 0 saturated heterocycles. The maximum absolute atomic E-state index is 11.9. The first-order valence-electron chi connectivity index (χ1n) is 7.06. The third kappa shape index (κ3) is 3.98. The van der Waals surface area contributed by atoms with Gasteiger partial charge in [-0.15, -0.1) is 10.2 Å². The minimum absolute atomic E-state index is 0.109. The Kier molecular flexibility index (Phi) is 4.10. The third-order valence-electron chi connectivity index (χ3n) is 3.48. The van der Waals surface area contributed by atoms with E-state index in [-0.39, 0.29) is 5.91 Å². The second-order valence-corrected chi connectivity index (χ2v) is 6.38. The van der Waals surface area contributed by atoms with Gasteiger partial charge in [-0.3, -0.25) is 10.1 Å². The minimum Gasteiger partial charge on any atom is -0.297 e. The second kappa shape index (κ2) is 6.18. The van der Waals surface area contributed by atoms with Crippen LogP contribution in [0.2, 0.25) is 0 Å². The van der Waals surface area contributed by atoms with Gasteiger partial charge in [-0.05, 0) is 31.2 Å². The zero-order valence-electron chi connectivity index (χ0n) is 11.9. The summed E-state index contributed by atoms with van der Waals surface area (Å²) < 4.78 is 0. The first kappa shape index (κ1) is 13.9. The highest BCUT2D eigenvalue weighted by Gasteiger charge is 2.23. The Hall–Kier alpha value is -2.01. The predicted octanol–water partition coefficient (Wildman–Crippen LogP) is 3.42. The summed E-state index contributed by atoms with van der Waals surface area (Å²) in [6, 6.07) is 10.1. The third-order valence-corrected chi connectivity index (χ3v) is 4.31. The van der Waals surface area contributed by atoms with Gasteiger partial charge in [0.15, 0.2) is 0 Å². The Labute approximate surface area is 127 Å². The van der Waals surface area contributed by atoms with Crippen LogP contribution in [0, 0.1) is 5.92 Å². The molecular formula is C16H17N3OS. The van der Waals surface area contributed by atoms with E-state index in [1.807, 2.05) is 25.1 Å². The summed E-state index contributed by atoms with van der Waals surface area (Å²) in [4.78, 5) is 11.9. The number of anilines is 1. The van der Waals surface area contributed by atoms with Crippen LogP contribution in [0.1, 0.15) is 30.3 Å². The van der Waals surface area contributed by atoms with Gasteiger partial charge in [-0.1, -0.05) is 47.2 Å². The molecule has 1 heterocycles. The number of benzene rings is 1. The number of aromatic nitrogens is 2. The van der Waals surface area contributed by atoms with Gasteiger partial charge in [-0.25, -0.2) is 0 Å². The molecule has 1 saturated carbocycles. The summed E-state index contributed by atoms with van der Waals surface area (Å²) in [7, 11) is 0. The van der Waals surface area contributed by atoms with Crippen molar-refractivity contribution in [3.8, 4) is 0 Å². The number of rotatable bonds is 5. The molecule has 0 atom stereocenters. The Balaban J connectivity index is 1.60. The number of allylic oxidation sites excluding steroid dienone is 1. The number of amides is 1. The lowest BCUT2D eigenvalue weighted by atomic mass is 10.2. The monoisotopic (exact) mass is 299 g/mol. The lowest BCUT2D eigenvalue weighted by Crippen LogP contribution is -2.08. The van der Waals surface area contributed by atoms with Crippen molar-refractivity contribution < 1.29 is 4.79 Å². The van der Waals surface area contributed by atoms with Crippen molar-refractivity contribution in [2.45, 2.75) is 26.2 Å². The number of nitrogens with one attached hydrogen (secondary N) is 1. The number of hydrogen-bond acceptors (Lipinski definition) is 4. The van der Waals surface area contributed by atoms with E-state index in [0.29, 0.717) is 11.0 Å². The summed E-state index contributed by atoms with van der Waals surface area (Å²) in [5, 5.41) is 12.4. The summed E-state index contributed by atoms with van der Waals surface area (Å²) in [5.74, 6) is 0.501. The molecule has 1 aliphatic rings. The van der Waals surface area contributed by atoms with Crippen LogP contribution < -0.4 is 5.32 Å². The van der Waals surface area contributed by atoms with Crippen LogP contribution in [0.3, 0.4) is 0 Å². The number of carbonyl (C=O) groups excluding carboxylic acids is 1. The van der Waals surface area contributed by atoms with E-state index >= 15 is 0 Å². The molecule has 1 fully saturated rings. The fourth-order valence-corrected chi connectivity index (χ4v) is 2.93. The highest BCUT2D eigenvalue weighted by Crippen LogP contribution is 2.35. The van der Waals surface area contributed by atoms with Crippen LogP contribution in [0.25, 0.3) is 0 Å². The van der Waals surface area contributed by atoms with E-state index in [9.17, 15) is 4.79 Å². The van der Waals surface area contributed by atoms with E-state index in [1.165, 1.54) is 29.7 Å². The van der Waals surface area contributed by atoms with E-state index in [4.69, 9.17) is 0 Å². The molecule has 4 nitrogen and oxygen atoms in total. The maximum Gasteiger partial charge on any atom is 0.250 e. The molecule has 0 spiro atoms. The smallest absolute Gasteiger partial charge is 0.250 e. The van der Waals surface area contributed by atoms with Gasteiger partial charge in [0, 0.05) is 12.5 Å². The highest BCUT2D eigenvalue weighted by atomic mass is 32.1. The highest BCUT2D eigenvalue weighted by molar-refractivity contribution is 7.15. The molecule has 0 aliphatic heterocycles. The largest absolute Gasteiger partial charge is 0.297 e. The van der Waals surface area contributed by atoms with Crippen molar-refractivity contribution in [3.63, 3.8) is 0 Å². The molecule has 3 rings (SSSR count). The molecule has 0 unspecified atom stereocenters. The number of hydrogen-bond donors (Lipinski definition) is 1. The quantitative estimate of drug-likeness (QED) is 0.861. The summed E-state index contributed by atoms with van der Waals surface area (Å²) in [5.41, 5.74) is 2.34. The first-order chi connectivity index (χ1) is 10.2. The Bertz CT molecular complexity index is 659. The average molecular weight is 299 g/mol. The summed E-state index contributed by atoms with van der Waals surface area (Å²) >= 11 is 1.42. The Morgan fingerprint density at radius 1 is 1.33 bits per heavy atom. The predicted molar refractivity (Wildman–Crippen MR) is 84.3 cm³/mol. The van der Waals surface area contributed by atoms with Crippen LogP contribution in [-0.2, 0) is 11.2 Å². The van der Waals surface area contributed by atoms with Crippen LogP contribution in [0.4, 0.5) is 5.13 Å². The Morgan fingerprint density at radius 2 is 2.10 bits per heavy atom. The van der Waals surface area contributed by atoms with Crippen molar-refractivity contribution in [1.29, 1.82) is 0 Å². The van der Waals surface area contributed by atoms with Gasteiger partial charge in [0.05, 0.1) is 0 Å². The molecule has 1 amide bonds. The maximum atomic E-state index is 11.9. The molecule has 108 valence electrons. The fourth-order valence-electron chi connectivity index (χ4n) is 2.15. The fraction of sp³-hybridized carbons (Fsp3) is 0.312. The summed E-state index contributed by atoms with van der Waals surface area (Å²) in [6.07, 6.45) is 4.83. The van der Waals surface area contributed by atoms with Crippen LogP contribution in [-0.4, -0.2) is 16.1 Å². The van der Waals surface area contributed by atoms with Crippen molar-refractivity contribution in [2.75, 3.05) is 5.32 Å². The zero-order valence-corrected chi connectivity index (χ0v) is 12.7. The molecule has 21 heavy (non-hydrogen) atoms. The first-order valence-corrected chi connectivity index (χ1v) is 7.88. The van der Waals surface area contributed by atoms with Gasteiger partial charge in [0.1, 0.15) is 5.01 Å². The second-order valence-electron chi connectivity index (χ2n) is 5.32. The van der Waals surface area contributed by atoms with Crippen molar-refractivity contribution in [2.24, 2.45) is 5.92 Å². The van der Waals surface area contributed by atoms with Crippen molar-refractivity contribution in [3.05, 3.63) is 52.6 Å².